The smallest absolute Gasteiger partial charge is 0.288 e. The zero-order chi connectivity index (χ0) is 17.3. The number of hydrogen-bond donors (Lipinski definition) is 1. The zero-order valence-corrected chi connectivity index (χ0v) is 13.6. The Morgan fingerprint density at radius 2 is 2.21 bits per heavy atom. The largest absolute Gasteiger partial charge is 0.363 e. The third kappa shape index (κ3) is 2.78. The highest BCUT2D eigenvalue weighted by Crippen LogP contribution is 2.28. The molecule has 1 aliphatic heterocycles. The van der Waals surface area contributed by atoms with Gasteiger partial charge in [0.1, 0.15) is 18.0 Å². The lowest BCUT2D eigenvalue weighted by Crippen LogP contribution is -2.38. The molecule has 1 unspecified atom stereocenters. The van der Waals surface area contributed by atoms with E-state index >= 15 is 0 Å². The second-order valence-corrected chi connectivity index (χ2v) is 5.88. The van der Waals surface area contributed by atoms with E-state index in [1.807, 2.05) is 18.7 Å². The molecule has 1 amide bonds. The molecule has 2 aromatic rings. The summed E-state index contributed by atoms with van der Waals surface area (Å²) in [5, 5.41) is 22.0. The average Bonchev–Trinajstić information content (AvgIpc) is 3.07. The van der Waals surface area contributed by atoms with Crippen molar-refractivity contribution in [3.05, 3.63) is 29.0 Å². The quantitative estimate of drug-likeness (QED) is 0.869. The lowest BCUT2D eigenvalue weighted by atomic mass is 10.0. The summed E-state index contributed by atoms with van der Waals surface area (Å²) in [4.78, 5) is 17.1. The number of amides is 1. The van der Waals surface area contributed by atoms with Gasteiger partial charge in [0.2, 0.25) is 5.82 Å². The number of aromatic nitrogens is 5. The van der Waals surface area contributed by atoms with Crippen LogP contribution in [0.5, 0.6) is 0 Å². The van der Waals surface area contributed by atoms with Crippen LogP contribution in [-0.4, -0.2) is 44.0 Å². The van der Waals surface area contributed by atoms with Gasteiger partial charge in [0.15, 0.2) is 5.82 Å². The predicted molar refractivity (Wildman–Crippen MR) is 85.2 cm³/mol. The highest BCUT2D eigenvalue weighted by Gasteiger charge is 2.26. The maximum atomic E-state index is 11.2. The van der Waals surface area contributed by atoms with E-state index in [1.54, 1.807) is 4.68 Å². The molecule has 1 aliphatic rings. The summed E-state index contributed by atoms with van der Waals surface area (Å²) in [7, 11) is 0. The molecule has 0 radical (unpaired) electrons. The molecule has 0 aromatic carbocycles. The van der Waals surface area contributed by atoms with Crippen LogP contribution in [0.2, 0.25) is 0 Å². The van der Waals surface area contributed by atoms with Crippen molar-refractivity contribution in [1.29, 1.82) is 5.26 Å². The SMILES string of the molecule is Cc1nnc(N2CCCC(n3cnc(C(N)=O)n3)C2)c(C#N)c1C. The number of carbonyl (C=O) groups is 1. The summed E-state index contributed by atoms with van der Waals surface area (Å²) in [5.74, 6) is -0.0374. The number of nitrogens with zero attached hydrogens (tertiary/aromatic N) is 7. The minimum atomic E-state index is -0.645. The van der Waals surface area contributed by atoms with Crippen LogP contribution in [0.15, 0.2) is 6.33 Å². The van der Waals surface area contributed by atoms with E-state index in [1.165, 1.54) is 6.33 Å². The van der Waals surface area contributed by atoms with E-state index < -0.39 is 5.91 Å². The lowest BCUT2D eigenvalue weighted by molar-refractivity contribution is 0.0990. The molecule has 9 heteroatoms. The van der Waals surface area contributed by atoms with Crippen LogP contribution in [0, 0.1) is 25.2 Å². The van der Waals surface area contributed by atoms with Crippen molar-refractivity contribution in [1.82, 2.24) is 25.0 Å². The van der Waals surface area contributed by atoms with Crippen LogP contribution in [0.1, 0.15) is 46.3 Å². The lowest BCUT2D eigenvalue weighted by Gasteiger charge is -2.33. The Labute approximate surface area is 139 Å². The van der Waals surface area contributed by atoms with Crippen molar-refractivity contribution < 1.29 is 4.79 Å². The fourth-order valence-corrected chi connectivity index (χ4v) is 2.88. The highest BCUT2D eigenvalue weighted by molar-refractivity contribution is 5.88. The topological polar surface area (TPSA) is 127 Å². The third-order valence-electron chi connectivity index (χ3n) is 4.35. The molecule has 2 N–H and O–H groups in total. The van der Waals surface area contributed by atoms with Gasteiger partial charge in [-0.1, -0.05) is 0 Å². The van der Waals surface area contributed by atoms with E-state index in [-0.39, 0.29) is 11.9 Å². The van der Waals surface area contributed by atoms with Crippen molar-refractivity contribution in [2.75, 3.05) is 18.0 Å². The number of nitrogens with two attached hydrogens (primary N) is 1. The Morgan fingerprint density at radius 1 is 1.42 bits per heavy atom. The van der Waals surface area contributed by atoms with Gasteiger partial charge in [0.05, 0.1) is 11.7 Å². The van der Waals surface area contributed by atoms with Gasteiger partial charge < -0.3 is 10.6 Å². The fraction of sp³-hybridized carbons (Fsp3) is 0.467. The molecule has 9 nitrogen and oxygen atoms in total. The molecule has 0 spiro atoms. The minimum Gasteiger partial charge on any atom is -0.363 e. The molecule has 124 valence electrons. The molecule has 1 atom stereocenters. The van der Waals surface area contributed by atoms with Crippen molar-refractivity contribution in [2.45, 2.75) is 32.7 Å². The molecule has 2 aromatic heterocycles. The summed E-state index contributed by atoms with van der Waals surface area (Å²) in [6.45, 7) is 5.13. The first-order valence-electron chi connectivity index (χ1n) is 7.71. The molecule has 1 fully saturated rings. The monoisotopic (exact) mass is 326 g/mol. The molecule has 1 saturated heterocycles. The summed E-state index contributed by atoms with van der Waals surface area (Å²) < 4.78 is 1.66. The summed E-state index contributed by atoms with van der Waals surface area (Å²) in [6.07, 6.45) is 3.33. The van der Waals surface area contributed by atoms with E-state index in [0.29, 0.717) is 17.9 Å². The number of carbonyl (C=O) groups excluding carboxylic acids is 1. The predicted octanol–water partition coefficient (Wildman–Crippen LogP) is 0.497. The number of piperidine rings is 1. The van der Waals surface area contributed by atoms with Gasteiger partial charge >= 0.3 is 0 Å². The molecule has 24 heavy (non-hydrogen) atoms. The van der Waals surface area contributed by atoms with Crippen molar-refractivity contribution in [2.24, 2.45) is 5.73 Å². The molecule has 0 bridgehead atoms. The summed E-state index contributed by atoms with van der Waals surface area (Å²) in [5.41, 5.74) is 7.36. The van der Waals surface area contributed by atoms with E-state index in [4.69, 9.17) is 5.73 Å². The van der Waals surface area contributed by atoms with Gasteiger partial charge in [-0.05, 0) is 32.3 Å². The van der Waals surface area contributed by atoms with Crippen LogP contribution < -0.4 is 10.6 Å². The van der Waals surface area contributed by atoms with Crippen molar-refractivity contribution in [3.8, 4) is 6.07 Å². The molecule has 0 saturated carbocycles. The van der Waals surface area contributed by atoms with E-state index in [9.17, 15) is 10.1 Å². The minimum absolute atomic E-state index is 0.0100. The van der Waals surface area contributed by atoms with Gasteiger partial charge in [-0.2, -0.15) is 10.4 Å². The standard InChI is InChI=1S/C15H18N8O/c1-9-10(2)19-20-15(12(9)6-16)22-5-3-4-11(7-22)23-8-18-14(21-23)13(17)24/h8,11H,3-5,7H2,1-2H3,(H2,17,24). The van der Waals surface area contributed by atoms with Gasteiger partial charge in [0, 0.05) is 13.1 Å². The Morgan fingerprint density at radius 3 is 2.88 bits per heavy atom. The Bertz CT molecular complexity index is 821. The normalized spacial score (nSPS) is 17.5. The van der Waals surface area contributed by atoms with Crippen LogP contribution in [0.3, 0.4) is 0 Å². The number of anilines is 1. The summed E-state index contributed by atoms with van der Waals surface area (Å²) >= 11 is 0. The van der Waals surface area contributed by atoms with Crippen LogP contribution in [0.25, 0.3) is 0 Å². The van der Waals surface area contributed by atoms with Crippen molar-refractivity contribution in [3.63, 3.8) is 0 Å². The number of aryl methyl sites for hydroxylation is 1. The van der Waals surface area contributed by atoms with Gasteiger partial charge in [0.25, 0.3) is 5.91 Å². The maximum absolute atomic E-state index is 11.2. The van der Waals surface area contributed by atoms with Crippen LogP contribution in [-0.2, 0) is 0 Å². The Hall–Kier alpha value is -3.02. The molecule has 3 heterocycles. The van der Waals surface area contributed by atoms with Crippen LogP contribution >= 0.6 is 0 Å². The number of primary amides is 1. The first kappa shape index (κ1) is 15.9. The first-order valence-corrected chi connectivity index (χ1v) is 7.71. The number of hydrogen-bond acceptors (Lipinski definition) is 7. The molecule has 3 rings (SSSR count). The van der Waals surface area contributed by atoms with Gasteiger partial charge in [-0.25, -0.2) is 9.67 Å². The Balaban J connectivity index is 1.87. The molecular formula is C15H18N8O. The first-order chi connectivity index (χ1) is 11.5. The summed E-state index contributed by atoms with van der Waals surface area (Å²) in [6, 6.07) is 2.27. The van der Waals surface area contributed by atoms with Gasteiger partial charge in [-0.15, -0.1) is 10.2 Å². The number of nitriles is 1. The van der Waals surface area contributed by atoms with E-state index in [0.717, 1.165) is 30.6 Å². The highest BCUT2D eigenvalue weighted by atomic mass is 16.1. The Kier molecular flexibility index (Phi) is 4.12. The fourth-order valence-electron chi connectivity index (χ4n) is 2.88. The second kappa shape index (κ2) is 6.23. The third-order valence-corrected chi connectivity index (χ3v) is 4.35. The van der Waals surface area contributed by atoms with Gasteiger partial charge in [-0.3, -0.25) is 4.79 Å². The van der Waals surface area contributed by atoms with E-state index in [2.05, 4.69) is 26.3 Å². The number of rotatable bonds is 3. The molecular weight excluding hydrogens is 308 g/mol. The molecule has 0 aliphatic carbocycles. The van der Waals surface area contributed by atoms with Crippen molar-refractivity contribution >= 4 is 11.7 Å². The van der Waals surface area contributed by atoms with Crippen LogP contribution in [0.4, 0.5) is 5.82 Å². The second-order valence-electron chi connectivity index (χ2n) is 5.88. The maximum Gasteiger partial charge on any atom is 0.288 e. The zero-order valence-electron chi connectivity index (χ0n) is 13.6. The average molecular weight is 326 g/mol.